The molecule has 0 bridgehead atoms. The number of rotatable bonds is 3. The second-order valence-corrected chi connectivity index (χ2v) is 3.07. The second kappa shape index (κ2) is 3.67. The van der Waals surface area contributed by atoms with Gasteiger partial charge in [0.05, 0.1) is 6.10 Å². The average molecular weight is 163 g/mol. The molecule has 0 aliphatic carbocycles. The molecule has 3 nitrogen and oxygen atoms in total. The lowest BCUT2D eigenvalue weighted by molar-refractivity contribution is -0.147. The predicted octanol–water partition coefficient (Wildman–Crippen LogP) is 1.19. The van der Waals surface area contributed by atoms with Crippen LogP contribution in [0.4, 0.5) is 4.39 Å². The Hall–Kier alpha value is -0.640. The molecule has 0 atom stereocenters. The molecule has 0 aliphatic heterocycles. The van der Waals surface area contributed by atoms with Crippen molar-refractivity contribution in [2.75, 3.05) is 0 Å². The zero-order chi connectivity index (χ0) is 9.07. The first kappa shape index (κ1) is 10.4. The van der Waals surface area contributed by atoms with Gasteiger partial charge in [0.1, 0.15) is 0 Å². The highest BCUT2D eigenvalue weighted by Gasteiger charge is 2.26. The molecule has 0 saturated heterocycles. The number of carbonyl (C=O) groups is 1. The Morgan fingerprint density at radius 2 is 2.00 bits per heavy atom. The molecule has 0 saturated carbocycles. The van der Waals surface area contributed by atoms with Crippen molar-refractivity contribution < 1.29 is 14.0 Å². The van der Waals surface area contributed by atoms with Gasteiger partial charge in [0.2, 0.25) is 0 Å². The fourth-order valence-corrected chi connectivity index (χ4v) is 0.293. The van der Waals surface area contributed by atoms with E-state index in [9.17, 15) is 9.18 Å². The second-order valence-electron chi connectivity index (χ2n) is 3.07. The molecule has 0 aromatic heterocycles. The van der Waals surface area contributed by atoms with Crippen LogP contribution in [0.2, 0.25) is 0 Å². The Kier molecular flexibility index (Phi) is 3.45. The largest absolute Gasteiger partial charge is 0.280 e. The van der Waals surface area contributed by atoms with Gasteiger partial charge in [-0.2, -0.15) is 0 Å². The van der Waals surface area contributed by atoms with E-state index in [1.807, 2.05) is 5.48 Å². The van der Waals surface area contributed by atoms with Crippen LogP contribution in [-0.4, -0.2) is 17.7 Å². The van der Waals surface area contributed by atoms with E-state index in [0.29, 0.717) is 0 Å². The first-order chi connectivity index (χ1) is 4.84. The van der Waals surface area contributed by atoms with Gasteiger partial charge in [0, 0.05) is 0 Å². The number of nitrogens with one attached hydrogen (secondary N) is 1. The summed E-state index contributed by atoms with van der Waals surface area (Å²) in [4.78, 5) is 15.4. The van der Waals surface area contributed by atoms with Gasteiger partial charge in [-0.15, -0.1) is 0 Å². The van der Waals surface area contributed by atoms with Crippen LogP contribution < -0.4 is 5.48 Å². The third-order valence-corrected chi connectivity index (χ3v) is 0.927. The maximum atomic E-state index is 12.7. The maximum Gasteiger partial charge on any atom is 0.280 e. The minimum absolute atomic E-state index is 0.138. The lowest BCUT2D eigenvalue weighted by Gasteiger charge is -2.14. The van der Waals surface area contributed by atoms with Crippen LogP contribution in [0, 0.1) is 0 Å². The molecule has 1 amide bonds. The summed E-state index contributed by atoms with van der Waals surface area (Å²) in [5.41, 5.74) is 0.128. The van der Waals surface area contributed by atoms with Crippen LogP contribution in [0.15, 0.2) is 0 Å². The van der Waals surface area contributed by atoms with Crippen molar-refractivity contribution >= 4 is 5.91 Å². The molecule has 0 spiro atoms. The van der Waals surface area contributed by atoms with E-state index in [2.05, 4.69) is 0 Å². The number of hydroxylamine groups is 1. The van der Waals surface area contributed by atoms with Crippen molar-refractivity contribution in [2.24, 2.45) is 0 Å². The summed E-state index contributed by atoms with van der Waals surface area (Å²) < 4.78 is 12.7. The molecule has 0 fully saturated rings. The van der Waals surface area contributed by atoms with E-state index < -0.39 is 11.6 Å². The van der Waals surface area contributed by atoms with Gasteiger partial charge < -0.3 is 0 Å². The lowest BCUT2D eigenvalue weighted by Crippen LogP contribution is -2.39. The van der Waals surface area contributed by atoms with Crippen LogP contribution in [0.25, 0.3) is 0 Å². The van der Waals surface area contributed by atoms with Crippen LogP contribution in [0.5, 0.6) is 0 Å². The summed E-state index contributed by atoms with van der Waals surface area (Å²) in [6, 6.07) is 0. The molecule has 0 rings (SSSR count). The topological polar surface area (TPSA) is 38.3 Å². The first-order valence-corrected chi connectivity index (χ1v) is 3.49. The molecule has 1 N–H and O–H groups in total. The fraction of sp³-hybridized carbons (Fsp3) is 0.857. The van der Waals surface area contributed by atoms with Gasteiger partial charge in [0.15, 0.2) is 5.67 Å². The van der Waals surface area contributed by atoms with Crippen molar-refractivity contribution in [3.05, 3.63) is 0 Å². The monoisotopic (exact) mass is 163 g/mol. The summed E-state index contributed by atoms with van der Waals surface area (Å²) in [7, 11) is 0. The Bertz CT molecular complexity index is 140. The van der Waals surface area contributed by atoms with E-state index >= 15 is 0 Å². The summed E-state index contributed by atoms with van der Waals surface area (Å²) in [6.07, 6.45) is -0.138. The lowest BCUT2D eigenvalue weighted by atomic mass is 10.2. The fourth-order valence-electron chi connectivity index (χ4n) is 0.293. The molecule has 0 aromatic rings. The average Bonchev–Trinajstić information content (AvgIpc) is 1.80. The minimum Gasteiger partial charge on any atom is -0.271 e. The summed E-state index contributed by atoms with van der Waals surface area (Å²) in [6.45, 7) is 5.83. The van der Waals surface area contributed by atoms with Crippen molar-refractivity contribution in [1.82, 2.24) is 5.48 Å². The SMILES string of the molecule is CC(C)ONC(=O)C(C)(C)F. The van der Waals surface area contributed by atoms with Crippen molar-refractivity contribution in [1.29, 1.82) is 0 Å². The molecule has 66 valence electrons. The normalized spacial score (nSPS) is 11.8. The standard InChI is InChI=1S/C7H14FNO2/c1-5(2)11-9-6(10)7(3,4)8/h5H,1-4H3,(H,9,10). The third kappa shape index (κ3) is 4.72. The van der Waals surface area contributed by atoms with Crippen molar-refractivity contribution in [3.8, 4) is 0 Å². The summed E-state index contributed by atoms with van der Waals surface area (Å²) in [5.74, 6) is -0.758. The number of alkyl halides is 1. The molecular formula is C7H14FNO2. The van der Waals surface area contributed by atoms with Crippen LogP contribution in [0.3, 0.4) is 0 Å². The van der Waals surface area contributed by atoms with Gasteiger partial charge >= 0.3 is 0 Å². The van der Waals surface area contributed by atoms with Crippen molar-refractivity contribution in [3.63, 3.8) is 0 Å². The number of carbonyl (C=O) groups excluding carboxylic acids is 1. The smallest absolute Gasteiger partial charge is 0.271 e. The molecule has 0 aromatic carbocycles. The van der Waals surface area contributed by atoms with Crippen LogP contribution in [0.1, 0.15) is 27.7 Å². The highest BCUT2D eigenvalue weighted by molar-refractivity contribution is 5.83. The van der Waals surface area contributed by atoms with E-state index in [0.717, 1.165) is 0 Å². The molecular weight excluding hydrogens is 149 g/mol. The summed E-state index contributed by atoms with van der Waals surface area (Å²) >= 11 is 0. The zero-order valence-corrected chi connectivity index (χ0v) is 7.27. The van der Waals surface area contributed by atoms with E-state index in [1.54, 1.807) is 13.8 Å². The van der Waals surface area contributed by atoms with E-state index in [-0.39, 0.29) is 6.10 Å². The minimum atomic E-state index is -1.88. The third-order valence-electron chi connectivity index (χ3n) is 0.927. The Morgan fingerprint density at radius 3 is 2.27 bits per heavy atom. The molecule has 0 aliphatic rings. The highest BCUT2D eigenvalue weighted by atomic mass is 19.1. The number of hydrogen-bond acceptors (Lipinski definition) is 2. The van der Waals surface area contributed by atoms with Crippen molar-refractivity contribution in [2.45, 2.75) is 39.5 Å². The molecule has 11 heavy (non-hydrogen) atoms. The van der Waals surface area contributed by atoms with Crippen LogP contribution >= 0.6 is 0 Å². The molecule has 4 heteroatoms. The Morgan fingerprint density at radius 1 is 1.55 bits per heavy atom. The molecule has 0 radical (unpaired) electrons. The number of hydrogen-bond donors (Lipinski definition) is 1. The van der Waals surface area contributed by atoms with Crippen LogP contribution in [-0.2, 0) is 9.63 Å². The maximum absolute atomic E-state index is 12.7. The summed E-state index contributed by atoms with van der Waals surface area (Å²) in [5, 5.41) is 0. The van der Waals surface area contributed by atoms with Gasteiger partial charge in [-0.25, -0.2) is 9.87 Å². The Labute approximate surface area is 65.9 Å². The first-order valence-electron chi connectivity index (χ1n) is 3.49. The van der Waals surface area contributed by atoms with E-state index in [4.69, 9.17) is 4.84 Å². The quantitative estimate of drug-likeness (QED) is 0.635. The zero-order valence-electron chi connectivity index (χ0n) is 7.27. The molecule has 0 unspecified atom stereocenters. The number of halogens is 1. The predicted molar refractivity (Wildman–Crippen MR) is 39.6 cm³/mol. The highest BCUT2D eigenvalue weighted by Crippen LogP contribution is 2.07. The van der Waals surface area contributed by atoms with Gasteiger partial charge in [-0.05, 0) is 27.7 Å². The van der Waals surface area contributed by atoms with Gasteiger partial charge in [0.25, 0.3) is 5.91 Å². The van der Waals surface area contributed by atoms with Gasteiger partial charge in [-0.3, -0.25) is 9.63 Å². The Balaban J connectivity index is 3.71. The van der Waals surface area contributed by atoms with Gasteiger partial charge in [-0.1, -0.05) is 0 Å². The van der Waals surface area contributed by atoms with E-state index in [1.165, 1.54) is 13.8 Å². The number of amides is 1. The molecule has 0 heterocycles.